The van der Waals surface area contributed by atoms with Gasteiger partial charge in [0.1, 0.15) is 12.9 Å². The third-order valence-electron chi connectivity index (χ3n) is 2.22. The maximum atomic E-state index is 11.7. The Balaban J connectivity index is 1.65. The minimum absolute atomic E-state index is 0.0704. The van der Waals surface area contributed by atoms with Gasteiger partial charge in [0.2, 0.25) is 5.91 Å². The molecule has 0 radical (unpaired) electrons. The summed E-state index contributed by atoms with van der Waals surface area (Å²) in [5.41, 5.74) is 0.873. The van der Waals surface area contributed by atoms with Crippen LogP contribution in [0.1, 0.15) is 0 Å². The zero-order valence-electron chi connectivity index (χ0n) is 9.55. The number of nitrogens with one attached hydrogen (secondary N) is 1. The molecule has 0 aliphatic carbocycles. The smallest absolute Gasteiger partial charge is 0.248 e. The van der Waals surface area contributed by atoms with E-state index in [1.54, 1.807) is 11.3 Å². The molecule has 0 bridgehead atoms. The molecule has 1 amide bonds. The van der Waals surface area contributed by atoms with Gasteiger partial charge in [0.05, 0.1) is 10.6 Å². The van der Waals surface area contributed by atoms with E-state index in [-0.39, 0.29) is 12.5 Å². The Morgan fingerprint density at radius 3 is 3.11 bits per heavy atom. The fourth-order valence-electron chi connectivity index (χ4n) is 1.43. The van der Waals surface area contributed by atoms with E-state index >= 15 is 0 Å². The summed E-state index contributed by atoms with van der Waals surface area (Å²) in [4.78, 5) is 17.2. The molecule has 19 heavy (non-hydrogen) atoms. The summed E-state index contributed by atoms with van der Waals surface area (Å²) in [7, 11) is 0. The normalized spacial score (nSPS) is 10.5. The number of anilines is 1. The Labute approximate surface area is 115 Å². The van der Waals surface area contributed by atoms with Gasteiger partial charge in [0, 0.05) is 5.38 Å². The van der Waals surface area contributed by atoms with Crippen LogP contribution in [0.3, 0.4) is 0 Å². The average molecular weight is 292 g/mol. The van der Waals surface area contributed by atoms with Crippen LogP contribution in [-0.4, -0.2) is 31.1 Å². The van der Waals surface area contributed by atoms with Crippen LogP contribution in [0.2, 0.25) is 0 Å². The van der Waals surface area contributed by atoms with Crippen molar-refractivity contribution in [2.45, 2.75) is 6.54 Å². The van der Waals surface area contributed by atoms with Crippen LogP contribution in [0, 0.1) is 0 Å². The predicted octanol–water partition coefficient (Wildman–Crippen LogP) is 1.50. The second-order valence-electron chi connectivity index (χ2n) is 3.57. The quantitative estimate of drug-likeness (QED) is 0.787. The molecule has 0 atom stereocenters. The lowest BCUT2D eigenvalue weighted by Crippen LogP contribution is -2.19. The number of hydrogen-bond acceptors (Lipinski definition) is 7. The molecule has 3 heterocycles. The molecule has 3 aromatic heterocycles. The average Bonchev–Trinajstić information content (AvgIpc) is 3.09. The first-order valence-corrected chi connectivity index (χ1v) is 7.07. The largest absolute Gasteiger partial charge is 0.300 e. The molecule has 0 aromatic carbocycles. The number of hydrogen-bond donors (Lipinski definition) is 1. The summed E-state index contributed by atoms with van der Waals surface area (Å²) in [6.45, 7) is 0.0704. The van der Waals surface area contributed by atoms with E-state index in [4.69, 9.17) is 0 Å². The highest BCUT2D eigenvalue weighted by molar-refractivity contribution is 7.16. The zero-order chi connectivity index (χ0) is 13.1. The molecule has 0 saturated carbocycles. The second-order valence-corrected chi connectivity index (χ2v) is 5.38. The monoisotopic (exact) mass is 292 g/mol. The van der Waals surface area contributed by atoms with Crippen molar-refractivity contribution in [2.75, 3.05) is 5.32 Å². The Morgan fingerprint density at radius 2 is 2.37 bits per heavy atom. The minimum Gasteiger partial charge on any atom is -0.300 e. The molecule has 7 nitrogen and oxygen atoms in total. The summed E-state index contributed by atoms with van der Waals surface area (Å²) < 4.78 is 1.35. The molecule has 0 aliphatic heterocycles. The van der Waals surface area contributed by atoms with Crippen molar-refractivity contribution in [3.8, 4) is 10.6 Å². The number of rotatable bonds is 4. The molecule has 0 unspecified atom stereocenters. The first-order chi connectivity index (χ1) is 9.31. The predicted molar refractivity (Wildman–Crippen MR) is 71.9 cm³/mol. The third kappa shape index (κ3) is 2.83. The Kier molecular flexibility index (Phi) is 3.29. The van der Waals surface area contributed by atoms with Crippen LogP contribution >= 0.6 is 22.7 Å². The highest BCUT2D eigenvalue weighted by Crippen LogP contribution is 2.28. The number of carbonyl (C=O) groups is 1. The molecule has 0 saturated heterocycles. The van der Waals surface area contributed by atoms with E-state index in [1.165, 1.54) is 22.3 Å². The van der Waals surface area contributed by atoms with Crippen LogP contribution in [0.4, 0.5) is 5.13 Å². The first-order valence-electron chi connectivity index (χ1n) is 5.31. The van der Waals surface area contributed by atoms with E-state index < -0.39 is 0 Å². The van der Waals surface area contributed by atoms with Gasteiger partial charge in [-0.25, -0.2) is 9.67 Å². The van der Waals surface area contributed by atoms with Crippen LogP contribution in [0.15, 0.2) is 29.2 Å². The lowest BCUT2D eigenvalue weighted by Gasteiger charge is -1.99. The Hall–Kier alpha value is -2.13. The van der Waals surface area contributed by atoms with E-state index in [9.17, 15) is 4.79 Å². The van der Waals surface area contributed by atoms with Crippen molar-refractivity contribution in [2.24, 2.45) is 0 Å². The third-order valence-corrected chi connectivity index (χ3v) is 3.87. The Morgan fingerprint density at radius 1 is 1.42 bits per heavy atom. The second kappa shape index (κ2) is 5.24. The van der Waals surface area contributed by atoms with Crippen LogP contribution in [0.5, 0.6) is 0 Å². The summed E-state index contributed by atoms with van der Waals surface area (Å²) in [6, 6.07) is 3.96. The van der Waals surface area contributed by atoms with Crippen molar-refractivity contribution in [1.29, 1.82) is 0 Å². The molecule has 9 heteroatoms. The number of thiophene rings is 1. The van der Waals surface area contributed by atoms with Crippen molar-refractivity contribution in [1.82, 2.24) is 25.2 Å². The van der Waals surface area contributed by atoms with Gasteiger partial charge in [-0.2, -0.15) is 0 Å². The van der Waals surface area contributed by atoms with Gasteiger partial charge in [0.25, 0.3) is 0 Å². The first kappa shape index (κ1) is 11.9. The molecule has 1 N–H and O–H groups in total. The van der Waals surface area contributed by atoms with Gasteiger partial charge < -0.3 is 5.32 Å². The molecule has 3 aromatic rings. The van der Waals surface area contributed by atoms with Gasteiger partial charge in [-0.1, -0.05) is 6.07 Å². The van der Waals surface area contributed by atoms with Gasteiger partial charge in [-0.05, 0) is 21.9 Å². The van der Waals surface area contributed by atoms with Crippen molar-refractivity contribution in [3.63, 3.8) is 0 Å². The molecule has 96 valence electrons. The van der Waals surface area contributed by atoms with E-state index in [1.807, 2.05) is 22.9 Å². The topological polar surface area (TPSA) is 85.6 Å². The highest BCUT2D eigenvalue weighted by atomic mass is 32.1. The number of aromatic nitrogens is 5. The summed E-state index contributed by atoms with van der Waals surface area (Å²) >= 11 is 3.00. The van der Waals surface area contributed by atoms with Crippen molar-refractivity contribution < 1.29 is 4.79 Å². The van der Waals surface area contributed by atoms with Gasteiger partial charge in [-0.3, -0.25) is 4.79 Å². The molecular formula is C10H8N6OS2. The summed E-state index contributed by atoms with van der Waals surface area (Å²) in [6.07, 6.45) is 1.39. The van der Waals surface area contributed by atoms with E-state index in [0.717, 1.165) is 10.6 Å². The molecule has 0 aliphatic rings. The minimum atomic E-state index is -0.209. The summed E-state index contributed by atoms with van der Waals surface area (Å²) in [5.74, 6) is -0.209. The van der Waals surface area contributed by atoms with Gasteiger partial charge in [-0.15, -0.1) is 27.8 Å². The zero-order valence-corrected chi connectivity index (χ0v) is 11.2. The molecule has 0 spiro atoms. The lowest BCUT2D eigenvalue weighted by atomic mass is 10.4. The SMILES string of the molecule is O=C(Cn1cnnn1)Nc1nc(-c2cccs2)cs1. The number of nitrogens with zero attached hydrogens (tertiary/aromatic N) is 5. The standard InChI is InChI=1S/C10H8N6OS2/c17-9(4-16-6-11-14-15-16)13-10-12-7(5-19-10)8-2-1-3-18-8/h1-3,5-6H,4H2,(H,12,13,17). The van der Waals surface area contributed by atoms with Gasteiger partial charge >= 0.3 is 0 Å². The van der Waals surface area contributed by atoms with Gasteiger partial charge in [0.15, 0.2) is 5.13 Å². The number of thiazole rings is 1. The highest BCUT2D eigenvalue weighted by Gasteiger charge is 2.09. The fourth-order valence-corrected chi connectivity index (χ4v) is 2.91. The molecule has 3 rings (SSSR count). The lowest BCUT2D eigenvalue weighted by molar-refractivity contribution is -0.116. The summed E-state index contributed by atoms with van der Waals surface area (Å²) in [5, 5.41) is 17.7. The number of tetrazole rings is 1. The maximum Gasteiger partial charge on any atom is 0.248 e. The van der Waals surface area contributed by atoms with E-state index in [0.29, 0.717) is 5.13 Å². The van der Waals surface area contributed by atoms with Crippen LogP contribution < -0.4 is 5.32 Å². The van der Waals surface area contributed by atoms with Crippen molar-refractivity contribution >= 4 is 33.7 Å². The van der Waals surface area contributed by atoms with Crippen LogP contribution in [0.25, 0.3) is 10.6 Å². The number of carbonyl (C=O) groups excluding carboxylic acids is 1. The van der Waals surface area contributed by atoms with Crippen LogP contribution in [-0.2, 0) is 11.3 Å². The molecule has 0 fully saturated rings. The van der Waals surface area contributed by atoms with E-state index in [2.05, 4.69) is 25.8 Å². The number of amides is 1. The Bertz CT molecular complexity index is 660. The molecular weight excluding hydrogens is 284 g/mol. The fraction of sp³-hybridized carbons (Fsp3) is 0.100. The maximum absolute atomic E-state index is 11.7. The van der Waals surface area contributed by atoms with Crippen molar-refractivity contribution in [3.05, 3.63) is 29.2 Å².